The average Bonchev–Trinajstić information content (AvgIpc) is 3.11. The molecule has 0 aliphatic rings. The third kappa shape index (κ3) is 5.63. The lowest BCUT2D eigenvalue weighted by molar-refractivity contribution is 0.806. The number of aryl methyl sites for hydroxylation is 2. The second-order valence-electron chi connectivity index (χ2n) is 6.43. The Morgan fingerprint density at radius 2 is 2.18 bits per heavy atom. The van der Waals surface area contributed by atoms with E-state index in [4.69, 9.17) is 5.73 Å². The van der Waals surface area contributed by atoms with Crippen molar-refractivity contribution >= 4 is 28.9 Å². The number of pyridine rings is 1. The maximum Gasteiger partial charge on any atom is 0.256 e. The van der Waals surface area contributed by atoms with Crippen molar-refractivity contribution in [2.75, 3.05) is 18.5 Å². The summed E-state index contributed by atoms with van der Waals surface area (Å²) in [6.07, 6.45) is 2.85. The first-order chi connectivity index (χ1) is 13.5. The molecule has 0 atom stereocenters. The Hall–Kier alpha value is -2.23. The smallest absolute Gasteiger partial charge is 0.256 e. The molecule has 3 aromatic rings. The lowest BCUT2D eigenvalue weighted by Gasteiger charge is -2.07. The maximum absolute atomic E-state index is 12.4. The number of thiazole rings is 1. The third-order valence-corrected chi connectivity index (χ3v) is 6.00. The molecule has 0 unspecified atom stereocenters. The van der Waals surface area contributed by atoms with Gasteiger partial charge < -0.3 is 16.0 Å². The Bertz CT molecular complexity index is 967. The molecule has 3 aromatic heterocycles. The molecule has 28 heavy (non-hydrogen) atoms. The molecule has 9 heteroatoms. The van der Waals surface area contributed by atoms with E-state index < -0.39 is 0 Å². The number of nitrogen functional groups attached to an aromatic ring is 1. The number of aromatic nitrogens is 4. The SMILES string of the molecule is CNCc1nc(CSCCc2nc(N)c(Cc3ccc(C)nc3)c(=O)[nH]2)cs1. The van der Waals surface area contributed by atoms with Gasteiger partial charge in [0.1, 0.15) is 16.6 Å². The first-order valence-corrected chi connectivity index (χ1v) is 11.0. The number of H-pyrrole nitrogens is 1. The van der Waals surface area contributed by atoms with Gasteiger partial charge in [-0.15, -0.1) is 11.3 Å². The monoisotopic (exact) mass is 416 g/mol. The van der Waals surface area contributed by atoms with Crippen molar-refractivity contribution in [3.8, 4) is 0 Å². The number of nitrogens with one attached hydrogen (secondary N) is 2. The van der Waals surface area contributed by atoms with Crippen molar-refractivity contribution in [3.05, 3.63) is 67.4 Å². The summed E-state index contributed by atoms with van der Waals surface area (Å²) in [4.78, 5) is 28.5. The van der Waals surface area contributed by atoms with E-state index in [2.05, 4.69) is 30.6 Å². The molecule has 0 radical (unpaired) electrons. The van der Waals surface area contributed by atoms with Crippen LogP contribution in [0.5, 0.6) is 0 Å². The van der Waals surface area contributed by atoms with E-state index in [9.17, 15) is 4.79 Å². The molecule has 0 aliphatic heterocycles. The fourth-order valence-corrected chi connectivity index (χ4v) is 4.40. The van der Waals surface area contributed by atoms with Crippen LogP contribution in [0.3, 0.4) is 0 Å². The van der Waals surface area contributed by atoms with E-state index >= 15 is 0 Å². The Morgan fingerprint density at radius 1 is 1.32 bits per heavy atom. The lowest BCUT2D eigenvalue weighted by atomic mass is 10.1. The van der Waals surface area contributed by atoms with Crippen LogP contribution >= 0.6 is 23.1 Å². The summed E-state index contributed by atoms with van der Waals surface area (Å²) >= 11 is 3.43. The Kier molecular flexibility index (Phi) is 7.18. The zero-order valence-electron chi connectivity index (χ0n) is 16.0. The van der Waals surface area contributed by atoms with Gasteiger partial charge in [-0.05, 0) is 25.6 Å². The predicted molar refractivity (Wildman–Crippen MR) is 116 cm³/mol. The van der Waals surface area contributed by atoms with Crippen molar-refractivity contribution in [1.82, 2.24) is 25.3 Å². The standard InChI is InChI=1S/C19H24N6OS2/c1-12-3-4-13(8-22-12)7-15-18(20)24-16(25-19(15)26)5-6-27-10-14-11-28-17(23-14)9-21-2/h3-4,8,11,21H,5-7,9-10H2,1-2H3,(H3,20,24,25,26). The molecule has 148 valence electrons. The van der Waals surface area contributed by atoms with Crippen molar-refractivity contribution in [3.63, 3.8) is 0 Å². The summed E-state index contributed by atoms with van der Waals surface area (Å²) in [7, 11) is 1.91. The van der Waals surface area contributed by atoms with E-state index in [1.54, 1.807) is 29.3 Å². The van der Waals surface area contributed by atoms with Gasteiger partial charge in [0.25, 0.3) is 5.56 Å². The molecule has 3 heterocycles. The van der Waals surface area contributed by atoms with Crippen LogP contribution in [0.15, 0.2) is 28.5 Å². The molecule has 3 rings (SSSR count). The minimum atomic E-state index is -0.177. The van der Waals surface area contributed by atoms with Gasteiger partial charge in [-0.2, -0.15) is 11.8 Å². The topological polar surface area (TPSA) is 110 Å². The number of hydrogen-bond donors (Lipinski definition) is 3. The number of hydrogen-bond acceptors (Lipinski definition) is 8. The molecule has 0 fully saturated rings. The van der Waals surface area contributed by atoms with Gasteiger partial charge in [-0.1, -0.05) is 6.07 Å². The molecule has 4 N–H and O–H groups in total. The van der Waals surface area contributed by atoms with Gasteiger partial charge in [0.2, 0.25) is 0 Å². The van der Waals surface area contributed by atoms with Crippen molar-refractivity contribution in [2.24, 2.45) is 0 Å². The highest BCUT2D eigenvalue weighted by Crippen LogP contribution is 2.17. The van der Waals surface area contributed by atoms with Gasteiger partial charge in [0.05, 0.1) is 11.3 Å². The number of thioether (sulfide) groups is 1. The fraction of sp³-hybridized carbons (Fsp3) is 0.368. The van der Waals surface area contributed by atoms with Crippen LogP contribution in [-0.4, -0.2) is 32.7 Å². The minimum Gasteiger partial charge on any atom is -0.383 e. The summed E-state index contributed by atoms with van der Waals surface area (Å²) in [5, 5.41) is 6.29. The predicted octanol–water partition coefficient (Wildman–Crippen LogP) is 2.30. The molecule has 0 amide bonds. The maximum atomic E-state index is 12.4. The molecule has 0 aliphatic carbocycles. The fourth-order valence-electron chi connectivity index (χ4n) is 2.65. The number of nitrogens with two attached hydrogens (primary N) is 1. The molecular formula is C19H24N6OS2. The second-order valence-corrected chi connectivity index (χ2v) is 8.47. The van der Waals surface area contributed by atoms with E-state index in [1.165, 1.54) is 0 Å². The summed E-state index contributed by atoms with van der Waals surface area (Å²) in [5.74, 6) is 2.59. The summed E-state index contributed by atoms with van der Waals surface area (Å²) in [6, 6.07) is 3.87. The molecule has 0 spiro atoms. The van der Waals surface area contributed by atoms with Gasteiger partial charge in [0.15, 0.2) is 0 Å². The lowest BCUT2D eigenvalue weighted by Crippen LogP contribution is -2.20. The molecule has 0 bridgehead atoms. The van der Waals surface area contributed by atoms with Crippen molar-refractivity contribution < 1.29 is 0 Å². The van der Waals surface area contributed by atoms with Crippen LogP contribution in [0.25, 0.3) is 0 Å². The highest BCUT2D eigenvalue weighted by molar-refractivity contribution is 7.98. The average molecular weight is 417 g/mol. The number of nitrogens with zero attached hydrogens (tertiary/aromatic N) is 3. The van der Waals surface area contributed by atoms with E-state index in [1.807, 2.05) is 26.1 Å². The Morgan fingerprint density at radius 3 is 2.89 bits per heavy atom. The largest absolute Gasteiger partial charge is 0.383 e. The zero-order chi connectivity index (χ0) is 19.9. The quantitative estimate of drug-likeness (QED) is 0.459. The van der Waals surface area contributed by atoms with Gasteiger partial charge in [0, 0.05) is 48.2 Å². The number of anilines is 1. The molecule has 7 nitrogen and oxygen atoms in total. The van der Waals surface area contributed by atoms with Crippen molar-refractivity contribution in [1.29, 1.82) is 0 Å². The van der Waals surface area contributed by atoms with E-state index in [-0.39, 0.29) is 5.56 Å². The zero-order valence-corrected chi connectivity index (χ0v) is 17.6. The summed E-state index contributed by atoms with van der Waals surface area (Å²) < 4.78 is 0. The number of aromatic amines is 1. The number of rotatable bonds is 9. The summed E-state index contributed by atoms with van der Waals surface area (Å²) in [6.45, 7) is 2.72. The van der Waals surface area contributed by atoms with Crippen LogP contribution in [0.4, 0.5) is 5.82 Å². The van der Waals surface area contributed by atoms with Gasteiger partial charge in [-0.25, -0.2) is 9.97 Å². The van der Waals surface area contributed by atoms with Crippen molar-refractivity contribution in [2.45, 2.75) is 32.1 Å². The van der Waals surface area contributed by atoms with Crippen LogP contribution in [0, 0.1) is 6.92 Å². The van der Waals surface area contributed by atoms with Crippen LogP contribution < -0.4 is 16.6 Å². The van der Waals surface area contributed by atoms with Gasteiger partial charge >= 0.3 is 0 Å². The van der Waals surface area contributed by atoms with Gasteiger partial charge in [-0.3, -0.25) is 9.78 Å². The first-order valence-electron chi connectivity index (χ1n) is 9.00. The van der Waals surface area contributed by atoms with Crippen LogP contribution in [0.1, 0.15) is 33.3 Å². The van der Waals surface area contributed by atoms with E-state index in [0.29, 0.717) is 30.0 Å². The van der Waals surface area contributed by atoms with Crippen LogP contribution in [-0.2, 0) is 25.1 Å². The highest BCUT2D eigenvalue weighted by atomic mass is 32.2. The normalized spacial score (nSPS) is 11.1. The van der Waals surface area contributed by atoms with E-state index in [0.717, 1.165) is 40.0 Å². The highest BCUT2D eigenvalue weighted by Gasteiger charge is 2.10. The minimum absolute atomic E-state index is 0.177. The Labute approximate surface area is 172 Å². The molecule has 0 saturated carbocycles. The summed E-state index contributed by atoms with van der Waals surface area (Å²) in [5.41, 5.74) is 9.33. The molecular weight excluding hydrogens is 392 g/mol. The first kappa shape index (κ1) is 20.5. The Balaban J connectivity index is 1.54. The molecule has 0 saturated heterocycles. The molecule has 0 aromatic carbocycles. The second kappa shape index (κ2) is 9.81. The third-order valence-electron chi connectivity index (χ3n) is 4.11. The van der Waals surface area contributed by atoms with Crippen LogP contribution in [0.2, 0.25) is 0 Å².